The third-order valence-electron chi connectivity index (χ3n) is 8.62. The fraction of sp³-hybridized carbons (Fsp3) is 0.846. The molecule has 6 nitrogen and oxygen atoms in total. The lowest BCUT2D eigenvalue weighted by Gasteiger charge is -2.18. The first-order chi connectivity index (χ1) is 22.1. The smallest absolute Gasteiger partial charge is 0.306 e. The number of esters is 1. The van der Waals surface area contributed by atoms with Crippen molar-refractivity contribution in [3.05, 3.63) is 24.3 Å². The van der Waals surface area contributed by atoms with Crippen molar-refractivity contribution in [3.8, 4) is 0 Å². The highest BCUT2D eigenvalue weighted by Crippen LogP contribution is 2.18. The molecule has 262 valence electrons. The van der Waals surface area contributed by atoms with Crippen LogP contribution in [0.15, 0.2) is 34.6 Å². The van der Waals surface area contributed by atoms with Crippen LogP contribution in [0.25, 0.3) is 0 Å². The fourth-order valence-electron chi connectivity index (χ4n) is 5.73. The van der Waals surface area contributed by atoms with Gasteiger partial charge >= 0.3 is 5.97 Å². The van der Waals surface area contributed by atoms with Gasteiger partial charge in [-0.05, 0) is 77.0 Å². The van der Waals surface area contributed by atoms with Gasteiger partial charge in [0.2, 0.25) is 0 Å². The zero-order chi connectivity index (χ0) is 32.9. The lowest BCUT2D eigenvalue weighted by molar-refractivity contribution is -0.149. The van der Waals surface area contributed by atoms with Gasteiger partial charge in [-0.3, -0.25) is 10.2 Å². The Morgan fingerprint density at radius 1 is 0.578 bits per heavy atom. The van der Waals surface area contributed by atoms with Crippen molar-refractivity contribution >= 4 is 11.8 Å². The lowest BCUT2D eigenvalue weighted by Crippen LogP contribution is -2.19. The molecular formula is C39H74N4O2. The van der Waals surface area contributed by atoms with Crippen molar-refractivity contribution in [2.75, 3.05) is 0 Å². The van der Waals surface area contributed by atoms with Crippen molar-refractivity contribution in [2.24, 2.45) is 16.2 Å². The van der Waals surface area contributed by atoms with Crippen LogP contribution in [0.3, 0.4) is 0 Å². The Morgan fingerprint density at radius 2 is 0.933 bits per heavy atom. The van der Waals surface area contributed by atoms with Crippen molar-refractivity contribution < 1.29 is 9.53 Å². The van der Waals surface area contributed by atoms with Crippen LogP contribution in [0, 0.1) is 5.41 Å². The Balaban J connectivity index is 4.07. The van der Waals surface area contributed by atoms with Crippen LogP contribution in [0.4, 0.5) is 0 Å². The molecule has 0 saturated carbocycles. The Hall–Kier alpha value is -1.98. The van der Waals surface area contributed by atoms with Gasteiger partial charge in [0.1, 0.15) is 11.9 Å². The monoisotopic (exact) mass is 631 g/mol. The lowest BCUT2D eigenvalue weighted by atomic mass is 10.0. The highest BCUT2D eigenvalue weighted by molar-refractivity contribution is 5.83. The average Bonchev–Trinajstić information content (AvgIpc) is 3.03. The number of amidine groups is 1. The summed E-state index contributed by atoms with van der Waals surface area (Å²) in [6.45, 7) is 4.55. The summed E-state index contributed by atoms with van der Waals surface area (Å²) in [5.41, 5.74) is 0. The normalized spacial score (nSPS) is 12.0. The van der Waals surface area contributed by atoms with E-state index in [4.69, 9.17) is 16.0 Å². The van der Waals surface area contributed by atoms with E-state index in [1.54, 1.807) is 0 Å². The number of rotatable bonds is 34. The summed E-state index contributed by atoms with van der Waals surface area (Å²) in [7, 11) is 0. The third kappa shape index (κ3) is 34.7. The fourth-order valence-corrected chi connectivity index (χ4v) is 5.73. The van der Waals surface area contributed by atoms with E-state index in [0.717, 1.165) is 25.7 Å². The number of nitrogens with zero attached hydrogens (tertiary/aromatic N) is 2. The second kappa shape index (κ2) is 36.5. The number of allylic oxidation sites excluding steroid dienone is 4. The highest BCUT2D eigenvalue weighted by Gasteiger charge is 2.15. The SMILES string of the molecule is CCCCCCCC/C=C\CCCCCCCC(CCCCCCC/C=C\CCCCCCCC)OC(=O)CCC(=N)N=NN. The largest absolute Gasteiger partial charge is 0.462 e. The number of unbranched alkanes of at least 4 members (excludes halogenated alkanes) is 22. The van der Waals surface area contributed by atoms with Crippen molar-refractivity contribution in [2.45, 2.75) is 213 Å². The molecule has 0 aromatic carbocycles. The molecule has 0 saturated heterocycles. The molecule has 0 aliphatic heterocycles. The van der Waals surface area contributed by atoms with E-state index in [1.807, 2.05) is 0 Å². The summed E-state index contributed by atoms with van der Waals surface area (Å²) in [6, 6.07) is 0. The Bertz CT molecular complexity index is 695. The number of carbonyl (C=O) groups is 1. The molecule has 0 aliphatic rings. The Morgan fingerprint density at radius 3 is 1.31 bits per heavy atom. The minimum absolute atomic E-state index is 0.0144. The van der Waals surface area contributed by atoms with E-state index < -0.39 is 0 Å². The molecule has 0 aromatic rings. The third-order valence-corrected chi connectivity index (χ3v) is 8.62. The van der Waals surface area contributed by atoms with E-state index in [1.165, 1.54) is 154 Å². The quantitative estimate of drug-likeness (QED) is 0.0108. The van der Waals surface area contributed by atoms with Crippen LogP contribution in [0.2, 0.25) is 0 Å². The van der Waals surface area contributed by atoms with E-state index >= 15 is 0 Å². The summed E-state index contributed by atoms with van der Waals surface area (Å²) < 4.78 is 5.86. The first-order valence-corrected chi connectivity index (χ1v) is 19.3. The molecule has 0 bridgehead atoms. The maximum Gasteiger partial charge on any atom is 0.306 e. The second-order valence-electron chi connectivity index (χ2n) is 13.0. The highest BCUT2D eigenvalue weighted by atomic mass is 16.5. The Kier molecular flexibility index (Phi) is 34.9. The van der Waals surface area contributed by atoms with Crippen molar-refractivity contribution in [1.82, 2.24) is 0 Å². The van der Waals surface area contributed by atoms with Gasteiger partial charge in [0, 0.05) is 6.42 Å². The van der Waals surface area contributed by atoms with Crippen LogP contribution in [-0.4, -0.2) is 17.9 Å². The number of nitrogens with one attached hydrogen (secondary N) is 1. The van der Waals surface area contributed by atoms with Crippen LogP contribution in [-0.2, 0) is 9.53 Å². The van der Waals surface area contributed by atoms with Gasteiger partial charge in [-0.15, -0.1) is 5.11 Å². The minimum Gasteiger partial charge on any atom is -0.462 e. The summed E-state index contributed by atoms with van der Waals surface area (Å²) in [6.07, 6.45) is 45.3. The van der Waals surface area contributed by atoms with Crippen molar-refractivity contribution in [3.63, 3.8) is 0 Å². The van der Waals surface area contributed by atoms with E-state index in [9.17, 15) is 4.79 Å². The molecule has 0 heterocycles. The molecule has 0 rings (SSSR count). The summed E-state index contributed by atoms with van der Waals surface area (Å²) >= 11 is 0. The van der Waals surface area contributed by atoms with Gasteiger partial charge in [-0.25, -0.2) is 0 Å². The zero-order valence-corrected chi connectivity index (χ0v) is 29.9. The molecule has 0 aliphatic carbocycles. The predicted molar refractivity (Wildman–Crippen MR) is 195 cm³/mol. The number of nitrogens with two attached hydrogens (primary N) is 1. The first-order valence-electron chi connectivity index (χ1n) is 19.3. The number of hydrogen-bond donors (Lipinski definition) is 2. The minimum atomic E-state index is -0.238. The molecule has 0 radical (unpaired) electrons. The molecule has 0 spiro atoms. The van der Waals surface area contributed by atoms with Gasteiger partial charge in [0.05, 0.1) is 6.42 Å². The average molecular weight is 631 g/mol. The maximum absolute atomic E-state index is 12.4. The molecular weight excluding hydrogens is 556 g/mol. The molecule has 0 fully saturated rings. The molecule has 0 aromatic heterocycles. The summed E-state index contributed by atoms with van der Waals surface area (Å²) in [5.74, 6) is 4.78. The topological polar surface area (TPSA) is 101 Å². The maximum atomic E-state index is 12.4. The van der Waals surface area contributed by atoms with Gasteiger partial charge in [0.25, 0.3) is 0 Å². The first kappa shape index (κ1) is 43.0. The van der Waals surface area contributed by atoms with Gasteiger partial charge < -0.3 is 10.6 Å². The molecule has 0 amide bonds. The van der Waals surface area contributed by atoms with E-state index in [2.05, 4.69) is 48.5 Å². The standard InChI is InChI=1S/C39H74N4O2/c1-3-5-7-9-11-13-15-17-19-21-23-25-27-29-31-33-37(45-39(44)36-35-38(40)42-43-41)34-32-30-28-26-24-22-20-18-16-14-12-10-8-6-4-2/h17-20,37H,3-16,21-36H2,1-2H3,(H3,40,41,42)/b19-17-,20-18-. The molecule has 3 N–H and O–H groups in total. The summed E-state index contributed by atoms with van der Waals surface area (Å²) in [4.78, 5) is 12.4. The molecule has 0 unspecified atom stereocenters. The van der Waals surface area contributed by atoms with E-state index in [0.29, 0.717) is 0 Å². The number of carbonyl (C=O) groups excluding carboxylic acids is 1. The van der Waals surface area contributed by atoms with Gasteiger partial charge in [0.15, 0.2) is 0 Å². The van der Waals surface area contributed by atoms with Crippen LogP contribution < -0.4 is 5.84 Å². The van der Waals surface area contributed by atoms with Crippen LogP contribution in [0.5, 0.6) is 0 Å². The van der Waals surface area contributed by atoms with E-state index in [-0.39, 0.29) is 30.8 Å². The molecule has 6 heteroatoms. The molecule has 45 heavy (non-hydrogen) atoms. The predicted octanol–water partition coefficient (Wildman–Crippen LogP) is 13.1. The second-order valence-corrected chi connectivity index (χ2v) is 13.0. The Labute approximate surface area is 279 Å². The van der Waals surface area contributed by atoms with Crippen LogP contribution in [0.1, 0.15) is 206 Å². The van der Waals surface area contributed by atoms with Gasteiger partial charge in [-0.2, -0.15) is 0 Å². The zero-order valence-electron chi connectivity index (χ0n) is 29.9. The number of ether oxygens (including phenoxy) is 1. The molecule has 0 atom stereocenters. The van der Waals surface area contributed by atoms with Crippen LogP contribution >= 0.6 is 0 Å². The number of hydrogen-bond acceptors (Lipinski definition) is 4. The summed E-state index contributed by atoms with van der Waals surface area (Å²) in [5, 5.41) is 14.3. The van der Waals surface area contributed by atoms with Gasteiger partial charge in [-0.1, -0.05) is 146 Å². The van der Waals surface area contributed by atoms with Crippen molar-refractivity contribution in [1.29, 1.82) is 5.41 Å².